The van der Waals surface area contributed by atoms with Gasteiger partial charge in [-0.05, 0) is 20.5 Å². The Bertz CT molecular complexity index is 180. The van der Waals surface area contributed by atoms with E-state index in [1.54, 1.807) is 0 Å². The van der Waals surface area contributed by atoms with Crippen LogP contribution in [-0.2, 0) is 0 Å². The minimum atomic E-state index is 0.642. The maximum Gasteiger partial charge on any atom is 0.156 e. The predicted molar refractivity (Wildman–Crippen MR) is 60.5 cm³/mol. The van der Waals surface area contributed by atoms with Crippen molar-refractivity contribution in [1.82, 2.24) is 10.2 Å². The van der Waals surface area contributed by atoms with Gasteiger partial charge in [-0.25, -0.2) is 0 Å². The number of aliphatic imine (C=N–C) groups is 1. The number of hydrogen-bond donors (Lipinski definition) is 1. The Morgan fingerprint density at radius 1 is 1.62 bits per heavy atom. The van der Waals surface area contributed by atoms with Gasteiger partial charge in [-0.2, -0.15) is 0 Å². The number of amidine groups is 1. The maximum atomic E-state index is 4.49. The van der Waals surface area contributed by atoms with Gasteiger partial charge in [0, 0.05) is 18.3 Å². The first-order valence-electron chi connectivity index (χ1n) is 4.81. The molecule has 13 heavy (non-hydrogen) atoms. The van der Waals surface area contributed by atoms with Crippen molar-refractivity contribution in [2.24, 2.45) is 4.99 Å². The Morgan fingerprint density at radius 3 is 2.92 bits per heavy atom. The highest BCUT2D eigenvalue weighted by atomic mass is 32.2. The van der Waals surface area contributed by atoms with Crippen LogP contribution in [0.25, 0.3) is 0 Å². The minimum absolute atomic E-state index is 0.642. The van der Waals surface area contributed by atoms with Crippen molar-refractivity contribution in [3.8, 4) is 0 Å². The summed E-state index contributed by atoms with van der Waals surface area (Å²) in [7, 11) is 4.15. The van der Waals surface area contributed by atoms with Gasteiger partial charge >= 0.3 is 0 Å². The van der Waals surface area contributed by atoms with E-state index in [9.17, 15) is 0 Å². The van der Waals surface area contributed by atoms with E-state index in [2.05, 4.69) is 36.2 Å². The normalized spacial score (nSPS) is 25.5. The average Bonchev–Trinajstić information content (AvgIpc) is 2.52. The molecule has 1 fully saturated rings. The number of rotatable bonds is 4. The van der Waals surface area contributed by atoms with Crippen LogP contribution >= 0.6 is 11.8 Å². The Morgan fingerprint density at radius 2 is 2.38 bits per heavy atom. The summed E-state index contributed by atoms with van der Waals surface area (Å²) in [6.07, 6.45) is 1.19. The smallest absolute Gasteiger partial charge is 0.156 e. The third-order valence-electron chi connectivity index (χ3n) is 2.04. The molecule has 0 aliphatic carbocycles. The van der Waals surface area contributed by atoms with Gasteiger partial charge in [-0.1, -0.05) is 18.7 Å². The summed E-state index contributed by atoms with van der Waals surface area (Å²) in [5.74, 6) is 1.18. The van der Waals surface area contributed by atoms with E-state index in [4.69, 9.17) is 0 Å². The van der Waals surface area contributed by atoms with Crippen molar-refractivity contribution in [2.45, 2.75) is 19.4 Å². The van der Waals surface area contributed by atoms with Crippen LogP contribution < -0.4 is 5.32 Å². The number of hydrogen-bond acceptors (Lipinski definition) is 3. The number of nitrogens with zero attached hydrogens (tertiary/aromatic N) is 2. The monoisotopic (exact) mass is 201 g/mol. The van der Waals surface area contributed by atoms with Gasteiger partial charge in [0.1, 0.15) is 0 Å². The standard InChI is InChI=1S/C9H19N3S/c1-4-8-7-13-9(11-8)10-5-6-12(2)3/h8H,4-7H2,1-3H3,(H,10,11). The second kappa shape index (κ2) is 5.50. The molecule has 0 amide bonds. The summed E-state index contributed by atoms with van der Waals surface area (Å²) >= 11 is 1.85. The highest BCUT2D eigenvalue weighted by molar-refractivity contribution is 8.14. The molecule has 76 valence electrons. The lowest BCUT2D eigenvalue weighted by atomic mass is 10.3. The van der Waals surface area contributed by atoms with Crippen LogP contribution in [0.15, 0.2) is 4.99 Å². The highest BCUT2D eigenvalue weighted by Crippen LogP contribution is 2.15. The third kappa shape index (κ3) is 4.00. The molecule has 1 atom stereocenters. The fourth-order valence-electron chi connectivity index (χ4n) is 1.10. The van der Waals surface area contributed by atoms with Crippen molar-refractivity contribution in [1.29, 1.82) is 0 Å². The van der Waals surface area contributed by atoms with Gasteiger partial charge in [0.25, 0.3) is 0 Å². The van der Waals surface area contributed by atoms with E-state index in [1.165, 1.54) is 12.2 Å². The minimum Gasteiger partial charge on any atom is -0.361 e. The van der Waals surface area contributed by atoms with Crippen LogP contribution in [-0.4, -0.2) is 49.0 Å². The molecule has 0 radical (unpaired) electrons. The number of likely N-dealkylation sites (N-methyl/N-ethyl adjacent to an activating group) is 1. The Balaban J connectivity index is 2.21. The van der Waals surface area contributed by atoms with Crippen LogP contribution in [0.2, 0.25) is 0 Å². The summed E-state index contributed by atoms with van der Waals surface area (Å²) in [4.78, 5) is 6.64. The van der Waals surface area contributed by atoms with Crippen molar-refractivity contribution < 1.29 is 0 Å². The molecule has 1 N–H and O–H groups in total. The van der Waals surface area contributed by atoms with Crippen LogP contribution in [0.4, 0.5) is 0 Å². The molecule has 0 saturated carbocycles. The van der Waals surface area contributed by atoms with Crippen LogP contribution in [0.3, 0.4) is 0 Å². The summed E-state index contributed by atoms with van der Waals surface area (Å²) < 4.78 is 0. The van der Waals surface area contributed by atoms with E-state index in [0.29, 0.717) is 6.04 Å². The lowest BCUT2D eigenvalue weighted by Crippen LogP contribution is -2.26. The fourth-order valence-corrected chi connectivity index (χ4v) is 2.21. The lowest BCUT2D eigenvalue weighted by Gasteiger charge is -2.07. The highest BCUT2D eigenvalue weighted by Gasteiger charge is 2.17. The second-order valence-corrected chi connectivity index (χ2v) is 4.56. The van der Waals surface area contributed by atoms with E-state index in [0.717, 1.165) is 18.3 Å². The van der Waals surface area contributed by atoms with Crippen molar-refractivity contribution in [2.75, 3.05) is 32.9 Å². The van der Waals surface area contributed by atoms with E-state index >= 15 is 0 Å². The zero-order valence-corrected chi connectivity index (χ0v) is 9.52. The Hall–Kier alpha value is -0.220. The van der Waals surface area contributed by atoms with E-state index in [1.807, 2.05) is 11.8 Å². The van der Waals surface area contributed by atoms with Crippen LogP contribution in [0, 0.1) is 0 Å². The molecule has 1 aliphatic rings. The zero-order valence-electron chi connectivity index (χ0n) is 8.71. The number of nitrogens with one attached hydrogen (secondary N) is 1. The molecule has 0 spiro atoms. The van der Waals surface area contributed by atoms with E-state index in [-0.39, 0.29) is 0 Å². The third-order valence-corrected chi connectivity index (χ3v) is 3.13. The van der Waals surface area contributed by atoms with Crippen LogP contribution in [0.1, 0.15) is 13.3 Å². The quantitative estimate of drug-likeness (QED) is 0.736. The van der Waals surface area contributed by atoms with E-state index < -0.39 is 0 Å². The summed E-state index contributed by atoms with van der Waals surface area (Å²) in [6.45, 7) is 4.14. The first kappa shape index (κ1) is 10.9. The van der Waals surface area contributed by atoms with Gasteiger partial charge < -0.3 is 10.2 Å². The first-order chi connectivity index (χ1) is 6.22. The molecule has 0 bridgehead atoms. The SMILES string of the molecule is CCC1CSC(=NCCN(C)C)N1. The first-order valence-corrected chi connectivity index (χ1v) is 5.79. The number of thioether (sulfide) groups is 1. The Labute approximate surface area is 85.0 Å². The largest absolute Gasteiger partial charge is 0.361 e. The fraction of sp³-hybridized carbons (Fsp3) is 0.889. The zero-order chi connectivity index (χ0) is 9.68. The van der Waals surface area contributed by atoms with Crippen LogP contribution in [0.5, 0.6) is 0 Å². The van der Waals surface area contributed by atoms with Gasteiger partial charge in [0.05, 0.1) is 6.54 Å². The molecule has 1 rings (SSSR count). The molecule has 3 nitrogen and oxygen atoms in total. The summed E-state index contributed by atoms with van der Waals surface area (Å²) in [5, 5.41) is 4.54. The molecule has 1 unspecified atom stereocenters. The molecular formula is C9H19N3S. The maximum absolute atomic E-state index is 4.49. The molecule has 1 saturated heterocycles. The molecule has 0 aromatic heterocycles. The molecule has 4 heteroatoms. The molecule has 0 aromatic carbocycles. The molecule has 1 heterocycles. The van der Waals surface area contributed by atoms with Gasteiger partial charge in [0.15, 0.2) is 5.17 Å². The lowest BCUT2D eigenvalue weighted by molar-refractivity contribution is 0.420. The van der Waals surface area contributed by atoms with Gasteiger partial charge in [-0.3, -0.25) is 4.99 Å². The van der Waals surface area contributed by atoms with Gasteiger partial charge in [0.2, 0.25) is 0 Å². The molecular weight excluding hydrogens is 182 g/mol. The Kier molecular flexibility index (Phi) is 4.59. The van der Waals surface area contributed by atoms with Crippen molar-refractivity contribution in [3.63, 3.8) is 0 Å². The van der Waals surface area contributed by atoms with Gasteiger partial charge in [-0.15, -0.1) is 0 Å². The second-order valence-electron chi connectivity index (χ2n) is 3.55. The van der Waals surface area contributed by atoms with Crippen molar-refractivity contribution >= 4 is 16.9 Å². The summed E-state index contributed by atoms with van der Waals surface area (Å²) in [5.41, 5.74) is 0. The predicted octanol–water partition coefficient (Wildman–Crippen LogP) is 1.02. The molecule has 0 aromatic rings. The summed E-state index contributed by atoms with van der Waals surface area (Å²) in [6, 6.07) is 0.642. The topological polar surface area (TPSA) is 27.6 Å². The van der Waals surface area contributed by atoms with Crippen molar-refractivity contribution in [3.05, 3.63) is 0 Å². The average molecular weight is 201 g/mol. The molecule has 1 aliphatic heterocycles.